The molecule has 3 heterocycles. The number of aryl methyl sites for hydroxylation is 1. The van der Waals surface area contributed by atoms with E-state index in [0.29, 0.717) is 6.61 Å². The van der Waals surface area contributed by atoms with E-state index in [1.807, 2.05) is 19.1 Å². The molecule has 27 heavy (non-hydrogen) atoms. The van der Waals surface area contributed by atoms with E-state index in [9.17, 15) is 13.6 Å². The maximum absolute atomic E-state index is 12.5. The fourth-order valence-electron chi connectivity index (χ4n) is 2.83. The Balaban J connectivity index is 1.59. The Morgan fingerprint density at radius 3 is 3.00 bits per heavy atom. The first-order valence-electron chi connectivity index (χ1n) is 8.57. The number of hydrogen-bond donors (Lipinski definition) is 1. The molecule has 6 nitrogen and oxygen atoms in total. The predicted octanol–water partition coefficient (Wildman–Crippen LogP) is 3.21. The molecule has 1 atom stereocenters. The van der Waals surface area contributed by atoms with Crippen molar-refractivity contribution in [2.75, 3.05) is 24.6 Å². The van der Waals surface area contributed by atoms with Gasteiger partial charge in [-0.25, -0.2) is 4.98 Å². The summed E-state index contributed by atoms with van der Waals surface area (Å²) in [5.41, 5.74) is 0.818. The number of halogens is 2. The fourth-order valence-corrected chi connectivity index (χ4v) is 3.69. The molecule has 9 heteroatoms. The Bertz CT molecular complexity index is 783. The number of hydrogen-bond acceptors (Lipinski definition) is 6. The van der Waals surface area contributed by atoms with Crippen LogP contribution in [-0.4, -0.2) is 43.3 Å². The minimum Gasteiger partial charge on any atom is -0.433 e. The zero-order chi connectivity index (χ0) is 19.4. The third-order valence-electron chi connectivity index (χ3n) is 4.07. The van der Waals surface area contributed by atoms with Crippen molar-refractivity contribution in [3.63, 3.8) is 0 Å². The summed E-state index contributed by atoms with van der Waals surface area (Å²) in [5.74, 6) is 0.316. The quantitative estimate of drug-likeness (QED) is 0.811. The third-order valence-corrected chi connectivity index (χ3v) is 5.10. The minimum atomic E-state index is -2.97. The van der Waals surface area contributed by atoms with Crippen LogP contribution in [0.1, 0.15) is 27.0 Å². The summed E-state index contributed by atoms with van der Waals surface area (Å²) < 4.78 is 34.9. The SMILES string of the molecule is Cc1cc(OC(F)F)c(C(=O)NCc2ccc(N3CCOC(C)C3)nc2)s1. The molecule has 1 amide bonds. The zero-order valence-electron chi connectivity index (χ0n) is 15.1. The van der Waals surface area contributed by atoms with E-state index in [0.717, 1.165) is 40.7 Å². The van der Waals surface area contributed by atoms with Crippen LogP contribution in [0.4, 0.5) is 14.6 Å². The molecule has 0 saturated carbocycles. The van der Waals surface area contributed by atoms with Crippen LogP contribution in [0.2, 0.25) is 0 Å². The Kier molecular flexibility index (Phi) is 6.22. The zero-order valence-corrected chi connectivity index (χ0v) is 15.9. The summed E-state index contributed by atoms with van der Waals surface area (Å²) in [7, 11) is 0. The molecule has 0 spiro atoms. The number of amides is 1. The number of nitrogens with one attached hydrogen (secondary N) is 1. The molecular formula is C18H21F2N3O3S. The molecule has 0 bridgehead atoms. The van der Waals surface area contributed by atoms with E-state index in [1.165, 1.54) is 6.07 Å². The number of thiophene rings is 1. The highest BCUT2D eigenvalue weighted by atomic mass is 32.1. The monoisotopic (exact) mass is 397 g/mol. The first-order valence-corrected chi connectivity index (χ1v) is 9.39. The molecule has 2 aromatic heterocycles. The Morgan fingerprint density at radius 1 is 1.52 bits per heavy atom. The molecular weight excluding hydrogens is 376 g/mol. The summed E-state index contributed by atoms with van der Waals surface area (Å²) in [4.78, 5) is 19.8. The summed E-state index contributed by atoms with van der Waals surface area (Å²) in [6.07, 6.45) is 1.87. The molecule has 0 aliphatic carbocycles. The number of nitrogens with zero attached hydrogens (tertiary/aromatic N) is 2. The second kappa shape index (κ2) is 8.62. The van der Waals surface area contributed by atoms with Gasteiger partial charge in [0.25, 0.3) is 5.91 Å². The smallest absolute Gasteiger partial charge is 0.387 e. The van der Waals surface area contributed by atoms with Gasteiger partial charge in [-0.1, -0.05) is 6.07 Å². The summed E-state index contributed by atoms with van der Waals surface area (Å²) in [6, 6.07) is 5.23. The molecule has 0 radical (unpaired) electrons. The maximum Gasteiger partial charge on any atom is 0.387 e. The highest BCUT2D eigenvalue weighted by Gasteiger charge is 2.20. The molecule has 3 rings (SSSR count). The van der Waals surface area contributed by atoms with Gasteiger partial charge >= 0.3 is 6.61 Å². The Morgan fingerprint density at radius 2 is 2.33 bits per heavy atom. The van der Waals surface area contributed by atoms with Gasteiger partial charge in [0.2, 0.25) is 0 Å². The van der Waals surface area contributed by atoms with Gasteiger partial charge < -0.3 is 19.7 Å². The van der Waals surface area contributed by atoms with Crippen molar-refractivity contribution in [3.8, 4) is 5.75 Å². The van der Waals surface area contributed by atoms with E-state index in [1.54, 1.807) is 13.1 Å². The maximum atomic E-state index is 12.5. The number of carbonyl (C=O) groups excluding carboxylic acids is 1. The van der Waals surface area contributed by atoms with Crippen LogP contribution >= 0.6 is 11.3 Å². The third kappa shape index (κ3) is 5.14. The molecule has 0 aromatic carbocycles. The lowest BCUT2D eigenvalue weighted by Gasteiger charge is -2.32. The number of rotatable bonds is 6. The van der Waals surface area contributed by atoms with Crippen LogP contribution in [0.5, 0.6) is 5.75 Å². The molecule has 1 aliphatic heterocycles. The van der Waals surface area contributed by atoms with Crippen LogP contribution in [0.3, 0.4) is 0 Å². The van der Waals surface area contributed by atoms with Gasteiger partial charge in [-0.2, -0.15) is 8.78 Å². The van der Waals surface area contributed by atoms with Crippen LogP contribution in [-0.2, 0) is 11.3 Å². The first-order chi connectivity index (χ1) is 12.9. The van der Waals surface area contributed by atoms with Gasteiger partial charge in [-0.3, -0.25) is 4.79 Å². The van der Waals surface area contributed by atoms with Crippen molar-refractivity contribution in [1.82, 2.24) is 10.3 Å². The number of morpholine rings is 1. The predicted molar refractivity (Wildman–Crippen MR) is 98.7 cm³/mol. The van der Waals surface area contributed by atoms with Gasteiger partial charge in [0.15, 0.2) is 0 Å². The molecule has 1 saturated heterocycles. The largest absolute Gasteiger partial charge is 0.433 e. The number of alkyl halides is 2. The molecule has 2 aromatic rings. The highest BCUT2D eigenvalue weighted by Crippen LogP contribution is 2.30. The van der Waals surface area contributed by atoms with E-state index in [2.05, 4.69) is 19.9 Å². The normalized spacial score (nSPS) is 17.2. The van der Waals surface area contributed by atoms with Crippen molar-refractivity contribution in [2.45, 2.75) is 33.1 Å². The molecule has 1 aliphatic rings. The topological polar surface area (TPSA) is 63.7 Å². The average molecular weight is 397 g/mol. The molecule has 1 N–H and O–H groups in total. The van der Waals surface area contributed by atoms with Crippen LogP contribution in [0.15, 0.2) is 24.4 Å². The van der Waals surface area contributed by atoms with Crippen LogP contribution in [0.25, 0.3) is 0 Å². The van der Waals surface area contributed by atoms with Gasteiger partial charge in [0.05, 0.1) is 12.7 Å². The number of aromatic nitrogens is 1. The lowest BCUT2D eigenvalue weighted by atomic mass is 10.2. The average Bonchev–Trinajstić information content (AvgIpc) is 2.99. The minimum absolute atomic E-state index is 0.0973. The molecule has 1 fully saturated rings. The van der Waals surface area contributed by atoms with E-state index >= 15 is 0 Å². The van der Waals surface area contributed by atoms with E-state index in [-0.39, 0.29) is 23.3 Å². The lowest BCUT2D eigenvalue weighted by Crippen LogP contribution is -2.41. The summed E-state index contributed by atoms with van der Waals surface area (Å²) in [5, 5.41) is 2.72. The van der Waals surface area contributed by atoms with Gasteiger partial charge in [-0.15, -0.1) is 11.3 Å². The Hall–Kier alpha value is -2.26. The molecule has 1 unspecified atom stereocenters. The molecule has 146 valence electrons. The first kappa shape index (κ1) is 19.5. The second-order valence-corrected chi connectivity index (χ2v) is 7.52. The van der Waals surface area contributed by atoms with Gasteiger partial charge in [-0.05, 0) is 31.5 Å². The number of anilines is 1. The number of ether oxygens (including phenoxy) is 2. The van der Waals surface area contributed by atoms with Gasteiger partial charge in [0, 0.05) is 30.7 Å². The van der Waals surface area contributed by atoms with Crippen molar-refractivity contribution >= 4 is 23.1 Å². The van der Waals surface area contributed by atoms with E-state index < -0.39 is 12.5 Å². The van der Waals surface area contributed by atoms with Crippen molar-refractivity contribution < 1.29 is 23.0 Å². The van der Waals surface area contributed by atoms with Crippen LogP contribution < -0.4 is 15.0 Å². The number of carbonyl (C=O) groups is 1. The lowest BCUT2D eigenvalue weighted by molar-refractivity contribution is -0.0498. The Labute approximate surface area is 160 Å². The standard InChI is InChI=1S/C18H21F2N3O3S/c1-11-10-23(5-6-25-11)15-4-3-13(8-21-15)9-22-17(24)16-14(26-18(19)20)7-12(2)27-16/h3-4,7-8,11,18H,5-6,9-10H2,1-2H3,(H,22,24). The second-order valence-electron chi connectivity index (χ2n) is 6.26. The summed E-state index contributed by atoms with van der Waals surface area (Å²) >= 11 is 1.12. The highest BCUT2D eigenvalue weighted by molar-refractivity contribution is 7.14. The van der Waals surface area contributed by atoms with E-state index in [4.69, 9.17) is 4.74 Å². The van der Waals surface area contributed by atoms with Gasteiger partial charge in [0.1, 0.15) is 16.4 Å². The van der Waals surface area contributed by atoms with Crippen LogP contribution in [0, 0.1) is 6.92 Å². The fraction of sp³-hybridized carbons (Fsp3) is 0.444. The van der Waals surface area contributed by atoms with Crippen molar-refractivity contribution in [3.05, 3.63) is 39.7 Å². The summed E-state index contributed by atoms with van der Waals surface area (Å²) in [6.45, 7) is 3.28. The van der Waals surface area contributed by atoms with Crippen molar-refractivity contribution in [2.24, 2.45) is 0 Å². The number of pyridine rings is 1. The van der Waals surface area contributed by atoms with Crippen molar-refractivity contribution in [1.29, 1.82) is 0 Å².